The van der Waals surface area contributed by atoms with Crippen molar-refractivity contribution in [1.29, 1.82) is 0 Å². The Bertz CT molecular complexity index is 992. The van der Waals surface area contributed by atoms with Crippen LogP contribution in [-0.4, -0.2) is 31.9 Å². The zero-order valence-electron chi connectivity index (χ0n) is 15.7. The fourth-order valence-electron chi connectivity index (χ4n) is 2.85. The summed E-state index contributed by atoms with van der Waals surface area (Å²) in [5, 5.41) is 0. The molecule has 2 heterocycles. The van der Waals surface area contributed by atoms with Crippen molar-refractivity contribution in [3.8, 4) is 23.0 Å². The standard InChI is InChI=1S/C21H19NO6/c1-12(2)27-17-6-4-13(9-18(17)24-3)8-15-21(23)28-20(22-15)14-5-7-16-19(10-14)26-11-25-16/h4-10,12H,11H2,1-3H3/b15-8+. The first kappa shape index (κ1) is 17.9. The third-order valence-electron chi connectivity index (χ3n) is 4.09. The number of hydrogen-bond acceptors (Lipinski definition) is 7. The summed E-state index contributed by atoms with van der Waals surface area (Å²) in [6.07, 6.45) is 1.67. The highest BCUT2D eigenvalue weighted by Crippen LogP contribution is 2.34. The molecule has 0 radical (unpaired) electrons. The van der Waals surface area contributed by atoms with Crippen LogP contribution in [0, 0.1) is 0 Å². The summed E-state index contributed by atoms with van der Waals surface area (Å²) in [6, 6.07) is 10.7. The lowest BCUT2D eigenvalue weighted by Crippen LogP contribution is -2.06. The number of methoxy groups -OCH3 is 1. The summed E-state index contributed by atoms with van der Waals surface area (Å²) in [4.78, 5) is 16.6. The maximum absolute atomic E-state index is 12.2. The van der Waals surface area contributed by atoms with Gasteiger partial charge in [0, 0.05) is 5.56 Å². The Morgan fingerprint density at radius 3 is 2.68 bits per heavy atom. The third-order valence-corrected chi connectivity index (χ3v) is 4.09. The number of ether oxygens (including phenoxy) is 5. The van der Waals surface area contributed by atoms with Crippen molar-refractivity contribution in [1.82, 2.24) is 0 Å². The van der Waals surface area contributed by atoms with Gasteiger partial charge in [-0.1, -0.05) is 6.07 Å². The topological polar surface area (TPSA) is 75.6 Å². The Hall–Kier alpha value is -3.48. The molecule has 28 heavy (non-hydrogen) atoms. The Morgan fingerprint density at radius 2 is 1.89 bits per heavy atom. The molecule has 2 aromatic carbocycles. The smallest absolute Gasteiger partial charge is 0.363 e. The first-order valence-corrected chi connectivity index (χ1v) is 8.81. The molecule has 2 aliphatic heterocycles. The molecule has 0 saturated carbocycles. The molecular formula is C21H19NO6. The van der Waals surface area contributed by atoms with Crippen molar-refractivity contribution in [3.63, 3.8) is 0 Å². The SMILES string of the molecule is COc1cc(/C=C2/N=C(c3ccc4c(c3)OCO4)OC2=O)ccc1OC(C)C. The van der Waals surface area contributed by atoms with E-state index in [2.05, 4.69) is 4.99 Å². The minimum Gasteiger partial charge on any atom is -0.493 e. The molecule has 2 aromatic rings. The summed E-state index contributed by atoms with van der Waals surface area (Å²) in [6.45, 7) is 4.06. The second-order valence-corrected chi connectivity index (χ2v) is 6.48. The van der Waals surface area contributed by atoms with Crippen LogP contribution in [0.3, 0.4) is 0 Å². The van der Waals surface area contributed by atoms with E-state index in [1.165, 1.54) is 0 Å². The van der Waals surface area contributed by atoms with E-state index in [-0.39, 0.29) is 24.5 Å². The molecule has 0 N–H and O–H groups in total. The van der Waals surface area contributed by atoms with E-state index in [9.17, 15) is 4.79 Å². The zero-order valence-corrected chi connectivity index (χ0v) is 15.7. The lowest BCUT2D eigenvalue weighted by molar-refractivity contribution is -0.129. The summed E-state index contributed by atoms with van der Waals surface area (Å²) in [5.41, 5.74) is 1.59. The van der Waals surface area contributed by atoms with Gasteiger partial charge in [-0.15, -0.1) is 0 Å². The minimum atomic E-state index is -0.519. The number of rotatable bonds is 5. The number of aliphatic imine (C=N–C) groups is 1. The summed E-state index contributed by atoms with van der Waals surface area (Å²) < 4.78 is 27.0. The Balaban J connectivity index is 1.62. The van der Waals surface area contributed by atoms with Gasteiger partial charge in [-0.3, -0.25) is 0 Å². The molecule has 7 heteroatoms. The first-order valence-electron chi connectivity index (χ1n) is 8.81. The normalized spacial score (nSPS) is 16.4. The van der Waals surface area contributed by atoms with Gasteiger partial charge in [-0.05, 0) is 55.8 Å². The number of esters is 1. The molecule has 4 rings (SSSR count). The van der Waals surface area contributed by atoms with Crippen molar-refractivity contribution < 1.29 is 28.5 Å². The molecule has 144 valence electrons. The maximum Gasteiger partial charge on any atom is 0.363 e. The van der Waals surface area contributed by atoms with E-state index < -0.39 is 5.97 Å². The van der Waals surface area contributed by atoms with E-state index >= 15 is 0 Å². The van der Waals surface area contributed by atoms with Gasteiger partial charge >= 0.3 is 5.97 Å². The predicted molar refractivity (Wildman–Crippen MR) is 102 cm³/mol. The highest BCUT2D eigenvalue weighted by Gasteiger charge is 2.26. The molecule has 0 saturated heterocycles. The van der Waals surface area contributed by atoms with E-state index in [4.69, 9.17) is 23.7 Å². The van der Waals surface area contributed by atoms with Crippen LogP contribution in [0.5, 0.6) is 23.0 Å². The van der Waals surface area contributed by atoms with E-state index in [0.717, 1.165) is 5.56 Å². The van der Waals surface area contributed by atoms with Crippen molar-refractivity contribution in [3.05, 3.63) is 53.2 Å². The largest absolute Gasteiger partial charge is 0.493 e. The minimum absolute atomic E-state index is 0.0248. The number of carbonyl (C=O) groups is 1. The molecule has 0 aliphatic carbocycles. The molecule has 0 unspecified atom stereocenters. The number of carbonyl (C=O) groups excluding carboxylic acids is 1. The van der Waals surface area contributed by atoms with Gasteiger partial charge in [-0.25, -0.2) is 9.79 Å². The lowest BCUT2D eigenvalue weighted by Gasteiger charge is -2.13. The average Bonchev–Trinajstić information content (AvgIpc) is 3.28. The number of fused-ring (bicyclic) bond motifs is 1. The molecule has 2 aliphatic rings. The molecule has 0 spiro atoms. The Kier molecular flexibility index (Phi) is 4.65. The average molecular weight is 381 g/mol. The summed E-state index contributed by atoms with van der Waals surface area (Å²) in [7, 11) is 1.57. The fourth-order valence-corrected chi connectivity index (χ4v) is 2.85. The van der Waals surface area contributed by atoms with Crippen LogP contribution in [0.15, 0.2) is 47.1 Å². The fraction of sp³-hybridized carbons (Fsp3) is 0.238. The van der Waals surface area contributed by atoms with Crippen molar-refractivity contribution >= 4 is 17.9 Å². The Morgan fingerprint density at radius 1 is 1.07 bits per heavy atom. The highest BCUT2D eigenvalue weighted by molar-refractivity contribution is 6.13. The van der Waals surface area contributed by atoms with E-state index in [1.807, 2.05) is 19.9 Å². The molecule has 0 amide bonds. The van der Waals surface area contributed by atoms with Crippen LogP contribution in [-0.2, 0) is 9.53 Å². The van der Waals surface area contributed by atoms with Gasteiger partial charge in [0.2, 0.25) is 12.7 Å². The van der Waals surface area contributed by atoms with Gasteiger partial charge in [0.25, 0.3) is 0 Å². The van der Waals surface area contributed by atoms with Crippen LogP contribution in [0.1, 0.15) is 25.0 Å². The quantitative estimate of drug-likeness (QED) is 0.582. The number of cyclic esters (lactones) is 1. The van der Waals surface area contributed by atoms with Gasteiger partial charge < -0.3 is 23.7 Å². The van der Waals surface area contributed by atoms with Crippen LogP contribution in [0.2, 0.25) is 0 Å². The Labute approximate surface area is 162 Å². The number of hydrogen-bond donors (Lipinski definition) is 0. The van der Waals surface area contributed by atoms with E-state index in [0.29, 0.717) is 28.6 Å². The predicted octanol–water partition coefficient (Wildman–Crippen LogP) is 3.56. The molecule has 0 atom stereocenters. The van der Waals surface area contributed by atoms with Crippen molar-refractivity contribution in [2.75, 3.05) is 13.9 Å². The molecule has 7 nitrogen and oxygen atoms in total. The number of nitrogens with zero attached hydrogens (tertiary/aromatic N) is 1. The van der Waals surface area contributed by atoms with Crippen LogP contribution >= 0.6 is 0 Å². The number of benzene rings is 2. The van der Waals surface area contributed by atoms with Crippen molar-refractivity contribution in [2.45, 2.75) is 20.0 Å². The van der Waals surface area contributed by atoms with Gasteiger partial charge in [-0.2, -0.15) is 0 Å². The van der Waals surface area contributed by atoms with Crippen LogP contribution < -0.4 is 18.9 Å². The zero-order chi connectivity index (χ0) is 19.7. The lowest BCUT2D eigenvalue weighted by atomic mass is 10.1. The van der Waals surface area contributed by atoms with Crippen LogP contribution in [0.25, 0.3) is 6.08 Å². The summed E-state index contributed by atoms with van der Waals surface area (Å²) >= 11 is 0. The van der Waals surface area contributed by atoms with Gasteiger partial charge in [0.1, 0.15) is 0 Å². The third kappa shape index (κ3) is 3.51. The molecular weight excluding hydrogens is 362 g/mol. The first-order chi connectivity index (χ1) is 13.5. The highest BCUT2D eigenvalue weighted by atomic mass is 16.7. The monoisotopic (exact) mass is 381 g/mol. The second-order valence-electron chi connectivity index (χ2n) is 6.48. The molecule has 0 bridgehead atoms. The molecule has 0 fully saturated rings. The van der Waals surface area contributed by atoms with E-state index in [1.54, 1.807) is 43.5 Å². The van der Waals surface area contributed by atoms with Gasteiger partial charge in [0.15, 0.2) is 28.7 Å². The van der Waals surface area contributed by atoms with Crippen molar-refractivity contribution in [2.24, 2.45) is 4.99 Å². The second kappa shape index (κ2) is 7.26. The maximum atomic E-state index is 12.2. The van der Waals surface area contributed by atoms with Crippen LogP contribution in [0.4, 0.5) is 0 Å². The molecule has 0 aromatic heterocycles. The summed E-state index contributed by atoms with van der Waals surface area (Å²) in [5.74, 6) is 2.17. The van der Waals surface area contributed by atoms with Gasteiger partial charge in [0.05, 0.1) is 13.2 Å².